The number of nitrogens with one attached hydrogen (secondary N) is 1. The quantitative estimate of drug-likeness (QED) is 0.455. The van der Waals surface area contributed by atoms with Crippen LogP contribution < -0.4 is 9.62 Å². The molecule has 31 heavy (non-hydrogen) atoms. The van der Waals surface area contributed by atoms with Gasteiger partial charge in [0, 0.05) is 24.7 Å². The number of nitrogens with zero attached hydrogens (tertiary/aromatic N) is 2. The Balaban J connectivity index is 1.90. The van der Waals surface area contributed by atoms with Crippen LogP contribution in [0.15, 0.2) is 71.6 Å². The number of anilines is 2. The second kappa shape index (κ2) is 8.57. The van der Waals surface area contributed by atoms with E-state index in [2.05, 4.69) is 5.32 Å². The predicted molar refractivity (Wildman–Crippen MR) is 119 cm³/mol. The first kappa shape index (κ1) is 22.0. The average molecular weight is 439 g/mol. The molecule has 3 aromatic rings. The molecular formula is C22H21N3O5S. The Labute approximate surface area is 180 Å². The minimum absolute atomic E-state index is 0.0417. The van der Waals surface area contributed by atoms with Gasteiger partial charge < -0.3 is 5.32 Å². The molecular weight excluding hydrogens is 418 g/mol. The molecule has 3 aromatic carbocycles. The molecule has 160 valence electrons. The van der Waals surface area contributed by atoms with Gasteiger partial charge in [0.1, 0.15) is 0 Å². The molecule has 0 aromatic heterocycles. The monoisotopic (exact) mass is 439 g/mol. The summed E-state index contributed by atoms with van der Waals surface area (Å²) in [5.74, 6) is -0.571. The van der Waals surface area contributed by atoms with Crippen molar-refractivity contribution in [1.82, 2.24) is 0 Å². The van der Waals surface area contributed by atoms with Crippen LogP contribution in [0.1, 0.15) is 21.5 Å². The summed E-state index contributed by atoms with van der Waals surface area (Å²) in [7, 11) is -2.45. The highest BCUT2D eigenvalue weighted by Crippen LogP contribution is 2.25. The minimum atomic E-state index is -3.90. The van der Waals surface area contributed by atoms with Crippen LogP contribution >= 0.6 is 0 Å². The van der Waals surface area contributed by atoms with E-state index in [0.717, 1.165) is 9.87 Å². The Morgan fingerprint density at radius 1 is 1.00 bits per heavy atom. The molecule has 0 saturated heterocycles. The van der Waals surface area contributed by atoms with E-state index < -0.39 is 20.9 Å². The van der Waals surface area contributed by atoms with Crippen molar-refractivity contribution in [3.8, 4) is 0 Å². The lowest BCUT2D eigenvalue weighted by Crippen LogP contribution is -2.27. The molecule has 3 rings (SSSR count). The van der Waals surface area contributed by atoms with E-state index in [9.17, 15) is 23.3 Å². The highest BCUT2D eigenvalue weighted by Gasteiger charge is 2.23. The number of sulfonamides is 1. The first-order valence-corrected chi connectivity index (χ1v) is 10.8. The minimum Gasteiger partial charge on any atom is -0.321 e. The van der Waals surface area contributed by atoms with Crippen LogP contribution in [0.25, 0.3) is 0 Å². The number of rotatable bonds is 6. The second-order valence-corrected chi connectivity index (χ2v) is 9.02. The van der Waals surface area contributed by atoms with Gasteiger partial charge in [-0.2, -0.15) is 0 Å². The largest absolute Gasteiger partial charge is 0.321 e. The van der Waals surface area contributed by atoms with Gasteiger partial charge in [-0.05, 0) is 55.3 Å². The van der Waals surface area contributed by atoms with Crippen LogP contribution in [0, 0.1) is 24.0 Å². The first-order valence-electron chi connectivity index (χ1n) is 9.31. The van der Waals surface area contributed by atoms with Crippen molar-refractivity contribution in [2.24, 2.45) is 0 Å². The van der Waals surface area contributed by atoms with Crippen molar-refractivity contribution in [2.45, 2.75) is 18.7 Å². The van der Waals surface area contributed by atoms with Gasteiger partial charge >= 0.3 is 0 Å². The normalized spacial score (nSPS) is 11.1. The summed E-state index contributed by atoms with van der Waals surface area (Å²) in [6, 6.07) is 16.9. The summed E-state index contributed by atoms with van der Waals surface area (Å²) in [6.07, 6.45) is 0. The Morgan fingerprint density at radius 2 is 1.71 bits per heavy atom. The molecule has 0 unspecified atom stereocenters. The summed E-state index contributed by atoms with van der Waals surface area (Å²) in [5.41, 5.74) is 2.30. The first-order chi connectivity index (χ1) is 14.6. The van der Waals surface area contributed by atoms with E-state index in [1.165, 1.54) is 49.5 Å². The zero-order chi connectivity index (χ0) is 22.8. The summed E-state index contributed by atoms with van der Waals surface area (Å²) in [6.45, 7) is 3.57. The number of carbonyl (C=O) groups excluding carboxylic acids is 1. The summed E-state index contributed by atoms with van der Waals surface area (Å²) in [5, 5.41) is 13.6. The summed E-state index contributed by atoms with van der Waals surface area (Å²) < 4.78 is 27.3. The van der Waals surface area contributed by atoms with Gasteiger partial charge in [-0.1, -0.05) is 24.3 Å². The number of aryl methyl sites for hydroxylation is 2. The standard InChI is InChI=1S/C22H21N3O5S/c1-15-6-4-8-18(12-15)24(3)31(29,30)20-9-5-7-17(13-20)22(26)23-21-14-19(25(27)28)11-10-16(21)2/h4-14H,1-3H3,(H,23,26). The van der Waals surface area contributed by atoms with Gasteiger partial charge in [-0.15, -0.1) is 0 Å². The molecule has 0 saturated carbocycles. The molecule has 0 radical (unpaired) electrons. The molecule has 0 fully saturated rings. The maximum absolute atomic E-state index is 13.1. The Kier molecular flexibility index (Phi) is 6.07. The zero-order valence-corrected chi connectivity index (χ0v) is 18.0. The fraction of sp³-hybridized carbons (Fsp3) is 0.136. The smallest absolute Gasteiger partial charge is 0.271 e. The topological polar surface area (TPSA) is 110 Å². The number of hydrogen-bond acceptors (Lipinski definition) is 5. The van der Waals surface area contributed by atoms with Gasteiger partial charge in [0.15, 0.2) is 0 Å². The van der Waals surface area contributed by atoms with Crippen molar-refractivity contribution in [3.05, 3.63) is 93.5 Å². The van der Waals surface area contributed by atoms with Crippen molar-refractivity contribution in [2.75, 3.05) is 16.7 Å². The summed E-state index contributed by atoms with van der Waals surface area (Å²) in [4.78, 5) is 23.1. The number of nitro groups is 1. The molecule has 1 N–H and O–H groups in total. The van der Waals surface area contributed by atoms with E-state index >= 15 is 0 Å². The van der Waals surface area contributed by atoms with Crippen LogP contribution in [-0.2, 0) is 10.0 Å². The fourth-order valence-electron chi connectivity index (χ4n) is 2.97. The molecule has 0 bridgehead atoms. The average Bonchev–Trinajstić information content (AvgIpc) is 2.74. The maximum Gasteiger partial charge on any atom is 0.271 e. The lowest BCUT2D eigenvalue weighted by molar-refractivity contribution is -0.384. The van der Waals surface area contributed by atoms with Gasteiger partial charge in [-0.3, -0.25) is 19.2 Å². The number of benzene rings is 3. The van der Waals surface area contributed by atoms with Crippen molar-refractivity contribution in [1.29, 1.82) is 0 Å². The van der Waals surface area contributed by atoms with Gasteiger partial charge in [-0.25, -0.2) is 8.42 Å². The van der Waals surface area contributed by atoms with Crippen LogP contribution in [-0.4, -0.2) is 26.3 Å². The molecule has 0 spiro atoms. The number of hydrogen-bond donors (Lipinski definition) is 1. The fourth-order valence-corrected chi connectivity index (χ4v) is 4.20. The Hall–Kier alpha value is -3.72. The van der Waals surface area contributed by atoms with Gasteiger partial charge in [0.05, 0.1) is 21.2 Å². The molecule has 1 amide bonds. The molecule has 9 heteroatoms. The van der Waals surface area contributed by atoms with E-state index in [0.29, 0.717) is 11.3 Å². The third kappa shape index (κ3) is 4.72. The third-order valence-corrected chi connectivity index (χ3v) is 6.58. The van der Waals surface area contributed by atoms with E-state index in [1.54, 1.807) is 25.1 Å². The van der Waals surface area contributed by atoms with Gasteiger partial charge in [0.25, 0.3) is 21.6 Å². The van der Waals surface area contributed by atoms with Crippen LogP contribution in [0.4, 0.5) is 17.1 Å². The Morgan fingerprint density at radius 3 is 2.39 bits per heavy atom. The maximum atomic E-state index is 13.1. The lowest BCUT2D eigenvalue weighted by Gasteiger charge is -2.20. The molecule has 0 aliphatic rings. The molecule has 8 nitrogen and oxygen atoms in total. The van der Waals surface area contributed by atoms with Crippen molar-refractivity contribution >= 4 is 33.0 Å². The number of nitro benzene ring substituents is 1. The SMILES string of the molecule is Cc1cccc(N(C)S(=O)(=O)c2cccc(C(=O)Nc3cc([N+](=O)[O-])ccc3C)c2)c1. The van der Waals surface area contributed by atoms with Crippen molar-refractivity contribution < 1.29 is 18.1 Å². The third-order valence-electron chi connectivity index (χ3n) is 4.80. The molecule has 0 heterocycles. The van der Waals surface area contributed by atoms with Crippen LogP contribution in [0.3, 0.4) is 0 Å². The van der Waals surface area contributed by atoms with E-state index in [4.69, 9.17) is 0 Å². The number of non-ortho nitro benzene ring substituents is 1. The summed E-state index contributed by atoms with van der Waals surface area (Å²) >= 11 is 0. The Bertz CT molecular complexity index is 1270. The second-order valence-electron chi connectivity index (χ2n) is 7.05. The lowest BCUT2D eigenvalue weighted by atomic mass is 10.1. The highest BCUT2D eigenvalue weighted by molar-refractivity contribution is 7.92. The van der Waals surface area contributed by atoms with Crippen molar-refractivity contribution in [3.63, 3.8) is 0 Å². The van der Waals surface area contributed by atoms with Gasteiger partial charge in [0.2, 0.25) is 0 Å². The van der Waals surface area contributed by atoms with Crippen LogP contribution in [0.5, 0.6) is 0 Å². The molecule has 0 aliphatic heterocycles. The van der Waals surface area contributed by atoms with E-state index in [-0.39, 0.29) is 21.8 Å². The van der Waals surface area contributed by atoms with E-state index in [1.807, 2.05) is 13.0 Å². The number of carbonyl (C=O) groups is 1. The highest BCUT2D eigenvalue weighted by atomic mass is 32.2. The molecule has 0 aliphatic carbocycles. The molecule has 0 atom stereocenters. The zero-order valence-electron chi connectivity index (χ0n) is 17.2. The number of amides is 1. The van der Waals surface area contributed by atoms with Crippen LogP contribution in [0.2, 0.25) is 0 Å². The predicted octanol–water partition coefficient (Wildman–Crippen LogP) is 4.29.